The molecule has 1 fully saturated rings. The van der Waals surface area contributed by atoms with Crippen LogP contribution in [-0.2, 0) is 16.1 Å². The Morgan fingerprint density at radius 1 is 1.03 bits per heavy atom. The van der Waals surface area contributed by atoms with E-state index in [9.17, 15) is 14.7 Å². The van der Waals surface area contributed by atoms with Crippen LogP contribution in [0, 0.1) is 0 Å². The Kier molecular flexibility index (Phi) is 7.89. The van der Waals surface area contributed by atoms with Crippen LogP contribution in [-0.4, -0.2) is 35.4 Å². The van der Waals surface area contributed by atoms with Crippen molar-refractivity contribution < 1.29 is 24.2 Å². The molecule has 3 aromatic carbocycles. The molecule has 1 aliphatic heterocycles. The first-order chi connectivity index (χ1) is 17.8. The maximum atomic E-state index is 13.4. The average Bonchev–Trinajstić information content (AvgIpc) is 3.14. The molecule has 1 amide bonds. The molecule has 0 aromatic heterocycles. The van der Waals surface area contributed by atoms with Crippen molar-refractivity contribution in [1.29, 1.82) is 0 Å². The number of hydrogen-bond donors (Lipinski definition) is 1. The van der Waals surface area contributed by atoms with E-state index in [4.69, 9.17) is 21.1 Å². The summed E-state index contributed by atoms with van der Waals surface area (Å²) in [5.41, 5.74) is 2.78. The Morgan fingerprint density at radius 2 is 1.73 bits per heavy atom. The number of likely N-dealkylation sites (tertiary alicyclic amines) is 1. The van der Waals surface area contributed by atoms with Gasteiger partial charge in [-0.05, 0) is 60.4 Å². The van der Waals surface area contributed by atoms with Crippen LogP contribution in [0.25, 0.3) is 5.76 Å². The predicted molar refractivity (Wildman–Crippen MR) is 144 cm³/mol. The largest absolute Gasteiger partial charge is 0.507 e. The molecule has 0 radical (unpaired) electrons. The van der Waals surface area contributed by atoms with E-state index in [-0.39, 0.29) is 23.8 Å². The van der Waals surface area contributed by atoms with Crippen molar-refractivity contribution in [2.75, 3.05) is 13.7 Å². The normalized spacial score (nSPS) is 16.9. The topological polar surface area (TPSA) is 76.1 Å². The molecule has 7 heteroatoms. The number of carbonyl (C=O) groups excluding carboxylic acids is 2. The van der Waals surface area contributed by atoms with Gasteiger partial charge in [-0.1, -0.05) is 55.8 Å². The van der Waals surface area contributed by atoms with E-state index >= 15 is 0 Å². The molecule has 0 bridgehead atoms. The summed E-state index contributed by atoms with van der Waals surface area (Å²) in [5, 5.41) is 12.0. The summed E-state index contributed by atoms with van der Waals surface area (Å²) in [6.45, 7) is 6.60. The molecule has 0 saturated carbocycles. The number of hydrogen-bond acceptors (Lipinski definition) is 5. The van der Waals surface area contributed by atoms with Gasteiger partial charge in [0.25, 0.3) is 11.7 Å². The fourth-order valence-electron chi connectivity index (χ4n) is 4.64. The van der Waals surface area contributed by atoms with Gasteiger partial charge in [0.2, 0.25) is 0 Å². The van der Waals surface area contributed by atoms with Crippen LogP contribution < -0.4 is 9.47 Å². The average molecular weight is 520 g/mol. The second-order valence-electron chi connectivity index (χ2n) is 9.13. The first kappa shape index (κ1) is 26.3. The number of aliphatic hydroxyl groups excluding tert-OH is 1. The van der Waals surface area contributed by atoms with E-state index in [0.29, 0.717) is 28.5 Å². The Hall–Kier alpha value is -3.77. The number of carbonyl (C=O) groups is 2. The highest BCUT2D eigenvalue weighted by molar-refractivity contribution is 6.46. The van der Waals surface area contributed by atoms with Gasteiger partial charge in [-0.15, -0.1) is 0 Å². The van der Waals surface area contributed by atoms with Gasteiger partial charge >= 0.3 is 0 Å². The van der Waals surface area contributed by atoms with Gasteiger partial charge in [0.1, 0.15) is 17.3 Å². The molecule has 0 spiro atoms. The van der Waals surface area contributed by atoms with E-state index < -0.39 is 17.7 Å². The van der Waals surface area contributed by atoms with Gasteiger partial charge in [-0.2, -0.15) is 0 Å². The zero-order valence-electron chi connectivity index (χ0n) is 21.3. The minimum Gasteiger partial charge on any atom is -0.507 e. The second kappa shape index (κ2) is 11.1. The number of aliphatic hydroxyl groups is 1. The zero-order chi connectivity index (χ0) is 26.7. The van der Waals surface area contributed by atoms with E-state index in [1.807, 2.05) is 45.0 Å². The van der Waals surface area contributed by atoms with Crippen molar-refractivity contribution in [3.8, 4) is 11.5 Å². The highest BCUT2D eigenvalue weighted by Crippen LogP contribution is 2.42. The summed E-state index contributed by atoms with van der Waals surface area (Å²) in [7, 11) is 1.56. The quantitative estimate of drug-likeness (QED) is 0.209. The number of amides is 1. The monoisotopic (exact) mass is 519 g/mol. The lowest BCUT2D eigenvalue weighted by molar-refractivity contribution is -0.140. The van der Waals surface area contributed by atoms with Crippen LogP contribution in [0.15, 0.2) is 72.3 Å². The van der Waals surface area contributed by atoms with Crippen molar-refractivity contribution in [2.24, 2.45) is 0 Å². The third-order valence-electron chi connectivity index (χ3n) is 6.46. The summed E-state index contributed by atoms with van der Waals surface area (Å²) >= 11 is 6.13. The standard InChI is InChI=1S/C30H30ClNO5/c1-5-37-25-15-12-20(16-23(25)18(2)3)28(33)26-27(19-10-13-22(31)14-11-19)32(30(35)29(26)34)17-21-8-6-7-9-24(21)36-4/h6-16,18,27,33H,5,17H2,1-4H3/b28-26-. The molecule has 1 unspecified atom stereocenters. The Balaban J connectivity index is 1.87. The molecule has 4 rings (SSSR count). The molecule has 6 nitrogen and oxygen atoms in total. The molecule has 0 aliphatic carbocycles. The Labute approximate surface area is 222 Å². The van der Waals surface area contributed by atoms with Gasteiger partial charge in [-0.3, -0.25) is 9.59 Å². The maximum absolute atomic E-state index is 13.4. The molecule has 192 valence electrons. The summed E-state index contributed by atoms with van der Waals surface area (Å²) in [6.07, 6.45) is 0. The molecular weight excluding hydrogens is 490 g/mol. The second-order valence-corrected chi connectivity index (χ2v) is 9.57. The van der Waals surface area contributed by atoms with Crippen molar-refractivity contribution in [3.63, 3.8) is 0 Å². The van der Waals surface area contributed by atoms with Gasteiger partial charge in [-0.25, -0.2) is 0 Å². The summed E-state index contributed by atoms with van der Waals surface area (Å²) in [5.74, 6) is -0.220. The van der Waals surface area contributed by atoms with E-state index in [0.717, 1.165) is 16.9 Å². The highest BCUT2D eigenvalue weighted by atomic mass is 35.5. The zero-order valence-corrected chi connectivity index (χ0v) is 22.1. The first-order valence-electron chi connectivity index (χ1n) is 12.2. The molecule has 1 saturated heterocycles. The number of Topliss-reactive ketones (excluding diaryl/α,β-unsaturated/α-hetero) is 1. The molecular formula is C30H30ClNO5. The number of benzene rings is 3. The van der Waals surface area contributed by atoms with Crippen LogP contribution in [0.3, 0.4) is 0 Å². The minimum atomic E-state index is -0.809. The fourth-order valence-corrected chi connectivity index (χ4v) is 4.77. The van der Waals surface area contributed by atoms with Crippen molar-refractivity contribution in [3.05, 3.63) is 99.6 Å². The van der Waals surface area contributed by atoms with Gasteiger partial charge in [0.05, 0.1) is 31.9 Å². The fraction of sp³-hybridized carbons (Fsp3) is 0.267. The number of nitrogens with zero attached hydrogens (tertiary/aromatic N) is 1. The number of ether oxygens (including phenoxy) is 2. The Bertz CT molecular complexity index is 1350. The number of para-hydroxylation sites is 1. The van der Waals surface area contributed by atoms with Gasteiger partial charge in [0.15, 0.2) is 0 Å². The number of ketones is 1. The number of methoxy groups -OCH3 is 1. The van der Waals surface area contributed by atoms with Crippen LogP contribution in [0.5, 0.6) is 11.5 Å². The van der Waals surface area contributed by atoms with Crippen molar-refractivity contribution in [2.45, 2.75) is 39.3 Å². The van der Waals surface area contributed by atoms with Crippen LogP contribution >= 0.6 is 11.6 Å². The lowest BCUT2D eigenvalue weighted by Crippen LogP contribution is -2.29. The minimum absolute atomic E-state index is 0.0288. The third-order valence-corrected chi connectivity index (χ3v) is 6.72. The number of halogens is 1. The smallest absolute Gasteiger partial charge is 0.295 e. The van der Waals surface area contributed by atoms with E-state index in [1.54, 1.807) is 49.6 Å². The summed E-state index contributed by atoms with van der Waals surface area (Å²) in [6, 6.07) is 18.8. The SMILES string of the molecule is CCOc1ccc(/C(O)=C2/C(=O)C(=O)N(Cc3ccccc3OC)C2c2ccc(Cl)cc2)cc1C(C)C. The van der Waals surface area contributed by atoms with Gasteiger partial charge in [0, 0.05) is 16.1 Å². The molecule has 1 N–H and O–H groups in total. The molecule has 3 aromatic rings. The molecule has 1 aliphatic rings. The molecule has 1 heterocycles. The third kappa shape index (κ3) is 5.20. The van der Waals surface area contributed by atoms with E-state index in [2.05, 4.69) is 0 Å². The van der Waals surface area contributed by atoms with Crippen molar-refractivity contribution >= 4 is 29.1 Å². The summed E-state index contributed by atoms with van der Waals surface area (Å²) in [4.78, 5) is 28.3. The Morgan fingerprint density at radius 3 is 2.38 bits per heavy atom. The van der Waals surface area contributed by atoms with Crippen LogP contribution in [0.2, 0.25) is 5.02 Å². The van der Waals surface area contributed by atoms with Crippen LogP contribution in [0.1, 0.15) is 55.0 Å². The highest BCUT2D eigenvalue weighted by Gasteiger charge is 2.46. The van der Waals surface area contributed by atoms with Gasteiger partial charge < -0.3 is 19.5 Å². The molecule has 37 heavy (non-hydrogen) atoms. The first-order valence-corrected chi connectivity index (χ1v) is 12.6. The lowest BCUT2D eigenvalue weighted by atomic mass is 9.93. The number of rotatable bonds is 8. The maximum Gasteiger partial charge on any atom is 0.295 e. The predicted octanol–water partition coefficient (Wildman–Crippen LogP) is 6.49. The lowest BCUT2D eigenvalue weighted by Gasteiger charge is -2.26. The molecule has 1 atom stereocenters. The van der Waals surface area contributed by atoms with E-state index in [1.165, 1.54) is 4.90 Å². The van der Waals surface area contributed by atoms with Crippen LogP contribution in [0.4, 0.5) is 0 Å². The van der Waals surface area contributed by atoms with Crippen molar-refractivity contribution in [1.82, 2.24) is 4.90 Å². The summed E-state index contributed by atoms with van der Waals surface area (Å²) < 4.78 is 11.2.